The van der Waals surface area contributed by atoms with E-state index in [0.29, 0.717) is 19.6 Å². The number of alkyl halides is 1. The summed E-state index contributed by atoms with van der Waals surface area (Å²) in [4.78, 5) is 0.744. The molecule has 1 aliphatic rings. The van der Waals surface area contributed by atoms with Crippen LogP contribution in [-0.4, -0.2) is 28.4 Å². The Balaban J connectivity index is 1.96. The molecule has 0 aromatic heterocycles. The molecule has 17 heavy (non-hydrogen) atoms. The topological polar surface area (TPSA) is 35.5 Å². The van der Waals surface area contributed by atoms with Gasteiger partial charge in [0.25, 0.3) is 0 Å². The molecule has 1 aromatic rings. The number of hydrogen-bond donors (Lipinski definition) is 0. The monoisotopic (exact) mass is 274 g/mol. The highest BCUT2D eigenvalue weighted by atomic mass is 35.5. The molecule has 0 N–H and O–H groups in total. The Labute approximate surface area is 109 Å². The third kappa shape index (κ3) is 3.52. The van der Waals surface area contributed by atoms with Gasteiger partial charge in [-0.25, -0.2) is 0 Å². The smallest absolute Gasteiger partial charge is 0.160 e. The fourth-order valence-corrected chi connectivity index (χ4v) is 3.09. The van der Waals surface area contributed by atoms with E-state index in [9.17, 15) is 4.21 Å². The van der Waals surface area contributed by atoms with E-state index in [4.69, 9.17) is 21.1 Å². The van der Waals surface area contributed by atoms with Crippen molar-refractivity contribution in [3.63, 3.8) is 0 Å². The van der Waals surface area contributed by atoms with Crippen LogP contribution in [0.5, 0.6) is 0 Å². The molecule has 3 nitrogen and oxygen atoms in total. The molecule has 5 heteroatoms. The molecule has 0 spiro atoms. The zero-order chi connectivity index (χ0) is 12.3. The lowest BCUT2D eigenvalue weighted by atomic mass is 10.2. The van der Waals surface area contributed by atoms with Crippen LogP contribution >= 0.6 is 11.6 Å². The molecular weight excluding hydrogens is 260 g/mol. The molecule has 1 fully saturated rings. The van der Waals surface area contributed by atoms with Crippen LogP contribution in [0.15, 0.2) is 29.2 Å². The van der Waals surface area contributed by atoms with Crippen molar-refractivity contribution in [3.8, 4) is 0 Å². The second kappa shape index (κ2) is 5.96. The van der Waals surface area contributed by atoms with Crippen molar-refractivity contribution in [3.05, 3.63) is 29.8 Å². The van der Waals surface area contributed by atoms with Crippen LogP contribution in [-0.2, 0) is 20.3 Å². The molecular formula is C12H15ClO3S. The predicted octanol–water partition coefficient (Wildman–Crippen LogP) is 2.43. The van der Waals surface area contributed by atoms with E-state index >= 15 is 0 Å². The zero-order valence-corrected chi connectivity index (χ0v) is 11.2. The summed E-state index contributed by atoms with van der Waals surface area (Å²) in [6.45, 7) is 3.17. The number of ether oxygens (including phenoxy) is 2. The third-order valence-electron chi connectivity index (χ3n) is 2.55. The summed E-state index contributed by atoms with van der Waals surface area (Å²) in [5.74, 6) is 0. The lowest BCUT2D eigenvalue weighted by Gasteiger charge is -2.13. The fourth-order valence-electron chi connectivity index (χ4n) is 1.60. The summed E-state index contributed by atoms with van der Waals surface area (Å²) >= 11 is 6.13. The van der Waals surface area contributed by atoms with Crippen LogP contribution in [0, 0.1) is 6.92 Å². The van der Waals surface area contributed by atoms with Crippen molar-refractivity contribution < 1.29 is 13.7 Å². The number of hydrogen-bond acceptors (Lipinski definition) is 3. The maximum absolute atomic E-state index is 12.1. The van der Waals surface area contributed by atoms with Crippen LogP contribution in [0.4, 0.5) is 0 Å². The lowest BCUT2D eigenvalue weighted by Crippen LogP contribution is -2.18. The molecule has 1 aliphatic heterocycles. The van der Waals surface area contributed by atoms with E-state index in [1.807, 2.05) is 31.2 Å². The minimum atomic E-state index is -1.23. The first-order chi connectivity index (χ1) is 8.16. The minimum Gasteiger partial charge on any atom is -0.350 e. The Morgan fingerprint density at radius 3 is 2.53 bits per heavy atom. The Hall–Kier alpha value is -0.420. The third-order valence-corrected chi connectivity index (χ3v) is 4.61. The minimum absolute atomic E-state index is 0.313. The van der Waals surface area contributed by atoms with Crippen molar-refractivity contribution in [1.82, 2.24) is 0 Å². The summed E-state index contributed by atoms with van der Waals surface area (Å²) in [6, 6.07) is 7.55. The van der Waals surface area contributed by atoms with Gasteiger partial charge in [0.1, 0.15) is 4.71 Å². The largest absolute Gasteiger partial charge is 0.350 e. The second-order valence-corrected chi connectivity index (χ2v) is 6.35. The second-order valence-electron chi connectivity index (χ2n) is 3.93. The SMILES string of the molecule is Cc1ccc(S(=O)[C@@H](Cl)CC2OCCO2)cc1. The normalized spacial score (nSPS) is 20.4. The van der Waals surface area contributed by atoms with E-state index in [-0.39, 0.29) is 6.29 Å². The Morgan fingerprint density at radius 1 is 1.35 bits per heavy atom. The quantitative estimate of drug-likeness (QED) is 0.791. The average Bonchev–Trinajstić information content (AvgIpc) is 2.82. The van der Waals surface area contributed by atoms with Gasteiger partial charge in [0.15, 0.2) is 6.29 Å². The first-order valence-corrected chi connectivity index (χ1v) is 7.16. The Morgan fingerprint density at radius 2 is 1.94 bits per heavy atom. The van der Waals surface area contributed by atoms with Crippen LogP contribution < -0.4 is 0 Å². The van der Waals surface area contributed by atoms with Crippen LogP contribution in [0.25, 0.3) is 0 Å². The molecule has 1 heterocycles. The lowest BCUT2D eigenvalue weighted by molar-refractivity contribution is -0.0438. The maximum atomic E-state index is 12.1. The van der Waals surface area contributed by atoms with Gasteiger partial charge in [0, 0.05) is 11.3 Å². The van der Waals surface area contributed by atoms with Gasteiger partial charge < -0.3 is 9.47 Å². The summed E-state index contributed by atoms with van der Waals surface area (Å²) < 4.78 is 22.2. The molecule has 94 valence electrons. The first-order valence-electron chi connectivity index (χ1n) is 5.51. The molecule has 0 amide bonds. The number of rotatable bonds is 4. The average molecular weight is 275 g/mol. The molecule has 1 saturated heterocycles. The van der Waals surface area contributed by atoms with Gasteiger partial charge in [-0.3, -0.25) is 4.21 Å². The predicted molar refractivity (Wildman–Crippen MR) is 67.5 cm³/mol. The summed E-state index contributed by atoms with van der Waals surface area (Å²) in [5, 5.41) is 0. The first kappa shape index (κ1) is 13.0. The van der Waals surface area contributed by atoms with Gasteiger partial charge in [0.2, 0.25) is 0 Å². The molecule has 1 unspecified atom stereocenters. The Kier molecular flexibility index (Phi) is 4.56. The molecule has 1 aromatic carbocycles. The highest BCUT2D eigenvalue weighted by Gasteiger charge is 2.24. The zero-order valence-electron chi connectivity index (χ0n) is 9.60. The highest BCUT2D eigenvalue weighted by Crippen LogP contribution is 2.21. The van der Waals surface area contributed by atoms with Gasteiger partial charge in [-0.2, -0.15) is 0 Å². The van der Waals surface area contributed by atoms with E-state index in [2.05, 4.69) is 0 Å². The molecule has 0 bridgehead atoms. The summed E-state index contributed by atoms with van der Waals surface area (Å²) in [6.07, 6.45) is 0.133. The fraction of sp³-hybridized carbons (Fsp3) is 0.500. The van der Waals surface area contributed by atoms with Gasteiger partial charge in [-0.05, 0) is 19.1 Å². The van der Waals surface area contributed by atoms with Crippen molar-refractivity contribution in [2.45, 2.75) is 29.2 Å². The van der Waals surface area contributed by atoms with Crippen molar-refractivity contribution >= 4 is 22.4 Å². The van der Waals surface area contributed by atoms with E-state index in [1.165, 1.54) is 0 Å². The molecule has 0 radical (unpaired) electrons. The summed E-state index contributed by atoms with van der Waals surface area (Å²) in [5.41, 5.74) is 1.14. The van der Waals surface area contributed by atoms with Gasteiger partial charge >= 0.3 is 0 Å². The molecule has 2 rings (SSSR count). The van der Waals surface area contributed by atoms with Crippen LogP contribution in [0.2, 0.25) is 0 Å². The number of aryl methyl sites for hydroxylation is 1. The molecule has 0 saturated carbocycles. The van der Waals surface area contributed by atoms with E-state index < -0.39 is 15.5 Å². The van der Waals surface area contributed by atoms with E-state index in [0.717, 1.165) is 10.5 Å². The molecule has 0 aliphatic carbocycles. The van der Waals surface area contributed by atoms with Gasteiger partial charge in [-0.15, -0.1) is 11.6 Å². The number of benzene rings is 1. The van der Waals surface area contributed by atoms with Crippen molar-refractivity contribution in [1.29, 1.82) is 0 Å². The van der Waals surface area contributed by atoms with Gasteiger partial charge in [-0.1, -0.05) is 17.7 Å². The van der Waals surface area contributed by atoms with E-state index in [1.54, 1.807) is 0 Å². The standard InChI is InChI=1S/C12H15ClO3S/c1-9-2-4-10(5-3-9)17(14)11(13)8-12-15-6-7-16-12/h2-5,11-12H,6-8H2,1H3/t11-,17?/m1/s1. The molecule has 2 atom stereocenters. The van der Waals surface area contributed by atoms with Crippen LogP contribution in [0.3, 0.4) is 0 Å². The Bertz CT molecular complexity index is 387. The maximum Gasteiger partial charge on any atom is 0.160 e. The summed E-state index contributed by atoms with van der Waals surface area (Å²) in [7, 11) is -1.23. The highest BCUT2D eigenvalue weighted by molar-refractivity contribution is 7.87. The van der Waals surface area contributed by atoms with Crippen LogP contribution in [0.1, 0.15) is 12.0 Å². The number of halogens is 1. The van der Waals surface area contributed by atoms with Gasteiger partial charge in [0.05, 0.1) is 24.0 Å². The van der Waals surface area contributed by atoms with Crippen molar-refractivity contribution in [2.24, 2.45) is 0 Å². The van der Waals surface area contributed by atoms with Crippen molar-refractivity contribution in [2.75, 3.05) is 13.2 Å².